The van der Waals surface area contributed by atoms with Crippen molar-refractivity contribution in [3.63, 3.8) is 0 Å². The number of thiophene rings is 1. The zero-order valence-corrected chi connectivity index (χ0v) is 10.6. The molecule has 0 radical (unpaired) electrons. The number of nitrogens with zero attached hydrogens (tertiary/aromatic N) is 2. The Kier molecular flexibility index (Phi) is 3.23. The molecule has 0 N–H and O–H groups in total. The molecule has 0 saturated carbocycles. The molecule has 2 heterocycles. The second-order valence-corrected chi connectivity index (χ2v) is 5.49. The van der Waals surface area contributed by atoms with E-state index >= 15 is 0 Å². The Labute approximate surface area is 101 Å². The van der Waals surface area contributed by atoms with E-state index in [1.54, 1.807) is 18.4 Å². The lowest BCUT2D eigenvalue weighted by Gasteiger charge is -1.91. The maximum absolute atomic E-state index is 5.92. The zero-order chi connectivity index (χ0) is 10.8. The van der Waals surface area contributed by atoms with Crippen LogP contribution in [0.3, 0.4) is 0 Å². The molecule has 2 aromatic rings. The Morgan fingerprint density at radius 1 is 1.47 bits per heavy atom. The molecule has 0 aliphatic rings. The van der Waals surface area contributed by atoms with Gasteiger partial charge in [0.1, 0.15) is 10.8 Å². The van der Waals surface area contributed by atoms with E-state index in [1.807, 2.05) is 18.4 Å². The zero-order valence-electron chi connectivity index (χ0n) is 8.23. The van der Waals surface area contributed by atoms with Gasteiger partial charge in [0, 0.05) is 11.4 Å². The van der Waals surface area contributed by atoms with Gasteiger partial charge in [-0.05, 0) is 6.92 Å². The molecule has 0 saturated heterocycles. The van der Waals surface area contributed by atoms with E-state index in [9.17, 15) is 0 Å². The molecule has 1 unspecified atom stereocenters. The van der Waals surface area contributed by atoms with Crippen LogP contribution in [0.5, 0.6) is 5.75 Å². The highest BCUT2D eigenvalue weighted by Gasteiger charge is 2.12. The molecule has 6 heteroatoms. The number of methoxy groups -OCH3 is 1. The Morgan fingerprint density at radius 2 is 2.27 bits per heavy atom. The van der Waals surface area contributed by atoms with Crippen molar-refractivity contribution < 1.29 is 4.74 Å². The van der Waals surface area contributed by atoms with Crippen molar-refractivity contribution >= 4 is 34.3 Å². The van der Waals surface area contributed by atoms with Gasteiger partial charge in [0.05, 0.1) is 17.4 Å². The number of rotatable bonds is 3. The van der Waals surface area contributed by atoms with Crippen LogP contribution in [0.4, 0.5) is 0 Å². The highest BCUT2D eigenvalue weighted by molar-refractivity contribution is 7.21. The molecular formula is C9H9ClN2OS2. The predicted octanol–water partition coefficient (Wildman–Crippen LogP) is 3.58. The van der Waals surface area contributed by atoms with Crippen molar-refractivity contribution in [2.45, 2.75) is 12.3 Å². The Balaban J connectivity index is 2.28. The molecule has 0 spiro atoms. The van der Waals surface area contributed by atoms with Crippen LogP contribution >= 0.6 is 34.3 Å². The van der Waals surface area contributed by atoms with Crippen LogP contribution in [-0.2, 0) is 0 Å². The smallest absolute Gasteiger partial charge is 0.157 e. The topological polar surface area (TPSA) is 35.0 Å². The van der Waals surface area contributed by atoms with Gasteiger partial charge in [-0.15, -0.1) is 33.1 Å². The van der Waals surface area contributed by atoms with Crippen molar-refractivity contribution in [2.24, 2.45) is 0 Å². The number of ether oxygens (including phenoxy) is 1. The summed E-state index contributed by atoms with van der Waals surface area (Å²) >= 11 is 9.03. The van der Waals surface area contributed by atoms with E-state index in [0.717, 1.165) is 20.6 Å². The summed E-state index contributed by atoms with van der Waals surface area (Å²) in [5.41, 5.74) is 0. The monoisotopic (exact) mass is 260 g/mol. The fraction of sp³-hybridized carbons (Fsp3) is 0.333. The van der Waals surface area contributed by atoms with E-state index < -0.39 is 0 Å². The van der Waals surface area contributed by atoms with E-state index in [-0.39, 0.29) is 5.38 Å². The molecule has 0 aliphatic heterocycles. The minimum atomic E-state index is -0.0851. The van der Waals surface area contributed by atoms with Crippen LogP contribution in [0.1, 0.15) is 17.3 Å². The van der Waals surface area contributed by atoms with Gasteiger partial charge < -0.3 is 4.74 Å². The van der Waals surface area contributed by atoms with Crippen molar-refractivity contribution in [2.75, 3.05) is 7.11 Å². The van der Waals surface area contributed by atoms with Crippen LogP contribution in [0, 0.1) is 0 Å². The molecule has 2 rings (SSSR count). The predicted molar refractivity (Wildman–Crippen MR) is 64.0 cm³/mol. The lowest BCUT2D eigenvalue weighted by Crippen LogP contribution is -1.80. The van der Waals surface area contributed by atoms with Crippen LogP contribution in [-0.4, -0.2) is 17.3 Å². The van der Waals surface area contributed by atoms with Crippen LogP contribution in [0.2, 0.25) is 0 Å². The first-order valence-electron chi connectivity index (χ1n) is 4.31. The molecule has 15 heavy (non-hydrogen) atoms. The molecular weight excluding hydrogens is 252 g/mol. The standard InChI is InChI=1S/C9H9ClN2OS2/c1-5(10)8-11-12-9(15-8)7-3-6(13-2)4-14-7/h3-5H,1-2H3. The highest BCUT2D eigenvalue weighted by atomic mass is 35.5. The van der Waals surface area contributed by atoms with Crippen LogP contribution in [0.25, 0.3) is 9.88 Å². The fourth-order valence-corrected chi connectivity index (χ4v) is 2.90. The second kappa shape index (κ2) is 4.47. The van der Waals surface area contributed by atoms with Crippen molar-refractivity contribution in [3.8, 4) is 15.6 Å². The molecule has 1 atom stereocenters. The van der Waals surface area contributed by atoms with Crippen LogP contribution in [0.15, 0.2) is 11.4 Å². The summed E-state index contributed by atoms with van der Waals surface area (Å²) in [5, 5.41) is 11.7. The molecule has 0 fully saturated rings. The van der Waals surface area contributed by atoms with Gasteiger partial charge in [-0.3, -0.25) is 0 Å². The largest absolute Gasteiger partial charge is 0.496 e. The Hall–Kier alpha value is -0.650. The fourth-order valence-electron chi connectivity index (χ4n) is 1.03. The molecule has 0 aliphatic carbocycles. The van der Waals surface area contributed by atoms with E-state index in [4.69, 9.17) is 16.3 Å². The van der Waals surface area contributed by atoms with Gasteiger partial charge in [-0.25, -0.2) is 0 Å². The van der Waals surface area contributed by atoms with Crippen molar-refractivity contribution in [1.82, 2.24) is 10.2 Å². The summed E-state index contributed by atoms with van der Waals surface area (Å²) in [6, 6.07) is 1.95. The summed E-state index contributed by atoms with van der Waals surface area (Å²) in [7, 11) is 1.65. The number of hydrogen-bond acceptors (Lipinski definition) is 5. The molecule has 0 bridgehead atoms. The van der Waals surface area contributed by atoms with Gasteiger partial charge >= 0.3 is 0 Å². The molecule has 0 amide bonds. The first-order valence-corrected chi connectivity index (χ1v) is 6.44. The molecule has 0 aromatic carbocycles. The van der Waals surface area contributed by atoms with Crippen molar-refractivity contribution in [3.05, 3.63) is 16.5 Å². The average molecular weight is 261 g/mol. The summed E-state index contributed by atoms with van der Waals surface area (Å²) < 4.78 is 5.11. The number of alkyl halides is 1. The summed E-state index contributed by atoms with van der Waals surface area (Å²) in [6.45, 7) is 1.89. The van der Waals surface area contributed by atoms with Gasteiger partial charge in [-0.1, -0.05) is 11.3 Å². The minimum absolute atomic E-state index is 0.0851. The van der Waals surface area contributed by atoms with E-state index in [2.05, 4.69) is 10.2 Å². The third-order valence-electron chi connectivity index (χ3n) is 1.80. The molecule has 2 aromatic heterocycles. The molecule has 3 nitrogen and oxygen atoms in total. The van der Waals surface area contributed by atoms with Gasteiger partial charge in [0.15, 0.2) is 5.01 Å². The van der Waals surface area contributed by atoms with Gasteiger partial charge in [-0.2, -0.15) is 0 Å². The first kappa shape index (κ1) is 10.9. The Bertz CT molecular complexity index is 452. The van der Waals surface area contributed by atoms with E-state index in [0.29, 0.717) is 0 Å². The SMILES string of the molecule is COc1csc(-c2nnc(C(C)Cl)s2)c1. The Morgan fingerprint density at radius 3 is 2.80 bits per heavy atom. The quantitative estimate of drug-likeness (QED) is 0.792. The minimum Gasteiger partial charge on any atom is -0.496 e. The highest BCUT2D eigenvalue weighted by Crippen LogP contribution is 2.34. The third-order valence-corrected chi connectivity index (χ3v) is 4.32. The van der Waals surface area contributed by atoms with Gasteiger partial charge in [0.25, 0.3) is 0 Å². The summed E-state index contributed by atoms with van der Waals surface area (Å²) in [6.07, 6.45) is 0. The van der Waals surface area contributed by atoms with Crippen molar-refractivity contribution in [1.29, 1.82) is 0 Å². The van der Waals surface area contributed by atoms with E-state index in [1.165, 1.54) is 11.3 Å². The maximum atomic E-state index is 5.92. The first-order chi connectivity index (χ1) is 7.20. The van der Waals surface area contributed by atoms with Gasteiger partial charge in [0.2, 0.25) is 0 Å². The second-order valence-electron chi connectivity index (χ2n) is 2.91. The lowest BCUT2D eigenvalue weighted by atomic mass is 10.5. The summed E-state index contributed by atoms with van der Waals surface area (Å²) in [5.74, 6) is 0.852. The molecule has 80 valence electrons. The number of hydrogen-bond donors (Lipinski definition) is 0. The van der Waals surface area contributed by atoms with Crippen LogP contribution < -0.4 is 4.74 Å². The number of aromatic nitrogens is 2. The lowest BCUT2D eigenvalue weighted by molar-refractivity contribution is 0.417. The third kappa shape index (κ3) is 2.30. The normalized spacial score (nSPS) is 12.7. The maximum Gasteiger partial charge on any atom is 0.157 e. The number of halogens is 1. The average Bonchev–Trinajstić information content (AvgIpc) is 2.86. The summed E-state index contributed by atoms with van der Waals surface area (Å²) in [4.78, 5) is 1.06.